The molecule has 4 heteroatoms. The lowest BCUT2D eigenvalue weighted by Crippen LogP contribution is -2.38. The SMILES string of the molecule is O=C(NC[C@H]1CCN(C2CCCC2)C1)C1(CO)CC1. The van der Waals surface area contributed by atoms with Gasteiger partial charge >= 0.3 is 0 Å². The molecule has 0 radical (unpaired) electrons. The molecule has 0 aromatic rings. The fourth-order valence-corrected chi connectivity index (χ4v) is 3.66. The average molecular weight is 266 g/mol. The summed E-state index contributed by atoms with van der Waals surface area (Å²) >= 11 is 0. The summed E-state index contributed by atoms with van der Waals surface area (Å²) in [7, 11) is 0. The molecule has 3 aliphatic rings. The van der Waals surface area contributed by atoms with Crippen molar-refractivity contribution in [2.75, 3.05) is 26.2 Å². The van der Waals surface area contributed by atoms with E-state index in [-0.39, 0.29) is 12.5 Å². The van der Waals surface area contributed by atoms with Crippen LogP contribution in [0.3, 0.4) is 0 Å². The first-order valence-electron chi connectivity index (χ1n) is 7.87. The van der Waals surface area contributed by atoms with E-state index in [2.05, 4.69) is 10.2 Å². The third kappa shape index (κ3) is 2.79. The van der Waals surface area contributed by atoms with E-state index in [1.165, 1.54) is 38.6 Å². The number of amides is 1. The van der Waals surface area contributed by atoms with Crippen LogP contribution in [0.15, 0.2) is 0 Å². The van der Waals surface area contributed by atoms with Crippen molar-refractivity contribution in [2.24, 2.45) is 11.3 Å². The van der Waals surface area contributed by atoms with Gasteiger partial charge in [-0.1, -0.05) is 12.8 Å². The Kier molecular flexibility index (Phi) is 3.81. The van der Waals surface area contributed by atoms with E-state index >= 15 is 0 Å². The van der Waals surface area contributed by atoms with E-state index in [1.807, 2.05) is 0 Å². The summed E-state index contributed by atoms with van der Waals surface area (Å²) in [6.45, 7) is 3.16. The quantitative estimate of drug-likeness (QED) is 0.784. The van der Waals surface area contributed by atoms with E-state index in [1.54, 1.807) is 0 Å². The van der Waals surface area contributed by atoms with Gasteiger partial charge in [-0.3, -0.25) is 4.79 Å². The average Bonchev–Trinajstić information content (AvgIpc) is 2.86. The molecule has 2 N–H and O–H groups in total. The van der Waals surface area contributed by atoms with Crippen molar-refractivity contribution in [2.45, 2.75) is 51.0 Å². The van der Waals surface area contributed by atoms with Crippen LogP contribution in [0.1, 0.15) is 44.9 Å². The van der Waals surface area contributed by atoms with Crippen LogP contribution in [-0.4, -0.2) is 48.2 Å². The smallest absolute Gasteiger partial charge is 0.228 e. The number of nitrogens with one attached hydrogen (secondary N) is 1. The number of hydrogen-bond donors (Lipinski definition) is 2. The Balaban J connectivity index is 1.41. The maximum atomic E-state index is 12.0. The van der Waals surface area contributed by atoms with Crippen LogP contribution in [0.5, 0.6) is 0 Å². The summed E-state index contributed by atoms with van der Waals surface area (Å²) in [4.78, 5) is 14.6. The highest BCUT2D eigenvalue weighted by Gasteiger charge is 2.49. The summed E-state index contributed by atoms with van der Waals surface area (Å²) in [5.74, 6) is 0.688. The lowest BCUT2D eigenvalue weighted by atomic mass is 10.1. The van der Waals surface area contributed by atoms with Crippen molar-refractivity contribution < 1.29 is 9.90 Å². The Morgan fingerprint density at radius 2 is 2.00 bits per heavy atom. The molecule has 1 heterocycles. The minimum absolute atomic E-state index is 0.0116. The Morgan fingerprint density at radius 1 is 1.26 bits per heavy atom. The lowest BCUT2D eigenvalue weighted by molar-refractivity contribution is -0.127. The zero-order valence-corrected chi connectivity index (χ0v) is 11.7. The van der Waals surface area contributed by atoms with Gasteiger partial charge in [0.2, 0.25) is 5.91 Å². The number of carbonyl (C=O) groups is 1. The molecule has 1 aliphatic heterocycles. The zero-order valence-electron chi connectivity index (χ0n) is 11.7. The van der Waals surface area contributed by atoms with Gasteiger partial charge in [-0.05, 0) is 44.6 Å². The van der Waals surface area contributed by atoms with Crippen LogP contribution in [0.2, 0.25) is 0 Å². The highest BCUT2D eigenvalue weighted by Crippen LogP contribution is 2.45. The molecule has 0 bridgehead atoms. The van der Waals surface area contributed by atoms with Gasteiger partial charge in [-0.2, -0.15) is 0 Å². The van der Waals surface area contributed by atoms with Crippen molar-refractivity contribution in [1.82, 2.24) is 10.2 Å². The maximum absolute atomic E-state index is 12.0. The first kappa shape index (κ1) is 13.4. The van der Waals surface area contributed by atoms with Crippen LogP contribution in [0.25, 0.3) is 0 Å². The molecule has 108 valence electrons. The van der Waals surface area contributed by atoms with Crippen LogP contribution in [0.4, 0.5) is 0 Å². The van der Waals surface area contributed by atoms with E-state index in [9.17, 15) is 9.90 Å². The second-order valence-corrected chi connectivity index (χ2v) is 6.74. The molecular weight excluding hydrogens is 240 g/mol. The van der Waals surface area contributed by atoms with Crippen molar-refractivity contribution >= 4 is 5.91 Å². The van der Waals surface area contributed by atoms with Crippen LogP contribution >= 0.6 is 0 Å². The number of nitrogens with zero attached hydrogens (tertiary/aromatic N) is 1. The van der Waals surface area contributed by atoms with E-state index in [4.69, 9.17) is 0 Å². The Hall–Kier alpha value is -0.610. The molecular formula is C15H26N2O2. The van der Waals surface area contributed by atoms with Crippen LogP contribution in [0, 0.1) is 11.3 Å². The molecule has 0 spiro atoms. The molecule has 0 aromatic heterocycles. The number of likely N-dealkylation sites (tertiary alicyclic amines) is 1. The number of rotatable bonds is 5. The summed E-state index contributed by atoms with van der Waals surface area (Å²) in [5.41, 5.74) is -0.413. The number of carbonyl (C=O) groups excluding carboxylic acids is 1. The fraction of sp³-hybridized carbons (Fsp3) is 0.933. The van der Waals surface area contributed by atoms with Gasteiger partial charge in [0.15, 0.2) is 0 Å². The number of aliphatic hydroxyl groups excluding tert-OH is 1. The summed E-state index contributed by atoms with van der Waals surface area (Å²) in [5, 5.41) is 12.3. The van der Waals surface area contributed by atoms with Crippen LogP contribution in [-0.2, 0) is 4.79 Å². The molecule has 0 unspecified atom stereocenters. The molecule has 1 atom stereocenters. The van der Waals surface area contributed by atoms with Gasteiger partial charge in [0.1, 0.15) is 0 Å². The van der Waals surface area contributed by atoms with Gasteiger partial charge in [0, 0.05) is 19.1 Å². The standard InChI is InChI=1S/C15H26N2O2/c18-11-15(6-7-15)14(19)16-9-12-5-8-17(10-12)13-3-1-2-4-13/h12-13,18H,1-11H2,(H,16,19)/t12-/m1/s1. The predicted octanol–water partition coefficient (Wildman–Crippen LogP) is 1.14. The summed E-state index contributed by atoms with van der Waals surface area (Å²) in [6.07, 6.45) is 8.44. The van der Waals surface area contributed by atoms with E-state index < -0.39 is 5.41 Å². The fourth-order valence-electron chi connectivity index (χ4n) is 3.66. The normalized spacial score (nSPS) is 30.7. The van der Waals surface area contributed by atoms with Crippen molar-refractivity contribution in [3.05, 3.63) is 0 Å². The van der Waals surface area contributed by atoms with Gasteiger partial charge in [-0.15, -0.1) is 0 Å². The molecule has 0 aromatic carbocycles. The number of aliphatic hydroxyl groups is 1. The predicted molar refractivity (Wildman–Crippen MR) is 73.7 cm³/mol. The summed E-state index contributed by atoms with van der Waals surface area (Å²) < 4.78 is 0. The largest absolute Gasteiger partial charge is 0.395 e. The Bertz CT molecular complexity index is 335. The van der Waals surface area contributed by atoms with Gasteiger partial charge in [-0.25, -0.2) is 0 Å². The minimum atomic E-state index is -0.413. The third-order valence-corrected chi connectivity index (χ3v) is 5.35. The third-order valence-electron chi connectivity index (χ3n) is 5.35. The molecule has 2 aliphatic carbocycles. The lowest BCUT2D eigenvalue weighted by Gasteiger charge is -2.23. The van der Waals surface area contributed by atoms with E-state index in [0.29, 0.717) is 5.92 Å². The van der Waals surface area contributed by atoms with Gasteiger partial charge < -0.3 is 15.3 Å². The monoisotopic (exact) mass is 266 g/mol. The molecule has 3 fully saturated rings. The van der Waals surface area contributed by atoms with Gasteiger partial charge in [0.25, 0.3) is 0 Å². The van der Waals surface area contributed by atoms with Crippen molar-refractivity contribution in [3.8, 4) is 0 Å². The van der Waals surface area contributed by atoms with Crippen LogP contribution < -0.4 is 5.32 Å². The first-order chi connectivity index (χ1) is 9.23. The Labute approximate surface area is 115 Å². The van der Waals surface area contributed by atoms with Crippen molar-refractivity contribution in [1.29, 1.82) is 0 Å². The molecule has 1 saturated heterocycles. The number of hydrogen-bond acceptors (Lipinski definition) is 3. The maximum Gasteiger partial charge on any atom is 0.228 e. The summed E-state index contributed by atoms with van der Waals surface area (Å²) in [6, 6.07) is 0.813. The molecule has 1 amide bonds. The van der Waals surface area contributed by atoms with Gasteiger partial charge in [0.05, 0.1) is 12.0 Å². The topological polar surface area (TPSA) is 52.6 Å². The zero-order chi connectivity index (χ0) is 13.3. The molecule has 19 heavy (non-hydrogen) atoms. The molecule has 4 nitrogen and oxygen atoms in total. The highest BCUT2D eigenvalue weighted by atomic mass is 16.3. The second kappa shape index (κ2) is 5.41. The second-order valence-electron chi connectivity index (χ2n) is 6.74. The minimum Gasteiger partial charge on any atom is -0.395 e. The Morgan fingerprint density at radius 3 is 2.63 bits per heavy atom. The first-order valence-corrected chi connectivity index (χ1v) is 7.87. The molecule has 2 saturated carbocycles. The highest BCUT2D eigenvalue weighted by molar-refractivity contribution is 5.85. The molecule has 3 rings (SSSR count). The van der Waals surface area contributed by atoms with E-state index in [0.717, 1.165) is 32.0 Å². The van der Waals surface area contributed by atoms with Crippen molar-refractivity contribution in [3.63, 3.8) is 0 Å².